The largest absolute Gasteiger partial charge is 0.381 e. The summed E-state index contributed by atoms with van der Waals surface area (Å²) < 4.78 is 5.30. The van der Waals surface area contributed by atoms with Crippen LogP contribution in [0.25, 0.3) is 0 Å². The van der Waals surface area contributed by atoms with Crippen molar-refractivity contribution in [3.63, 3.8) is 0 Å². The number of hydrogen-bond acceptors (Lipinski definition) is 3. The van der Waals surface area contributed by atoms with Crippen molar-refractivity contribution in [1.82, 2.24) is 4.90 Å². The highest BCUT2D eigenvalue weighted by molar-refractivity contribution is 6.34. The number of nitrogens with zero attached hydrogens (tertiary/aromatic N) is 1. The van der Waals surface area contributed by atoms with E-state index in [0.717, 1.165) is 18.4 Å². The third-order valence-electron chi connectivity index (χ3n) is 3.78. The molecule has 1 aromatic rings. The maximum atomic E-state index is 12.4. The van der Waals surface area contributed by atoms with Crippen LogP contribution in [0.2, 0.25) is 10.0 Å². The standard InChI is InChI=1S/C15H20Cl2N2O2.ClH/c1-19(9-10-6-12(16)8-13(17)7-10)15(20)14(18)11-2-4-21-5-3-11;/h6-8,11,14H,2-5,9,18H2,1H3;1H. The van der Waals surface area contributed by atoms with Crippen molar-refractivity contribution >= 4 is 41.5 Å². The van der Waals surface area contributed by atoms with Crippen LogP contribution in [0.5, 0.6) is 0 Å². The van der Waals surface area contributed by atoms with Crippen LogP contribution in [0.15, 0.2) is 18.2 Å². The van der Waals surface area contributed by atoms with E-state index in [-0.39, 0.29) is 24.2 Å². The number of ether oxygens (including phenoxy) is 1. The Balaban J connectivity index is 0.00000242. The molecule has 0 aromatic heterocycles. The van der Waals surface area contributed by atoms with E-state index in [2.05, 4.69) is 0 Å². The van der Waals surface area contributed by atoms with Gasteiger partial charge in [0.15, 0.2) is 0 Å². The van der Waals surface area contributed by atoms with Crippen molar-refractivity contribution in [3.8, 4) is 0 Å². The molecule has 0 saturated carbocycles. The lowest BCUT2D eigenvalue weighted by Gasteiger charge is -2.30. The van der Waals surface area contributed by atoms with Crippen molar-refractivity contribution in [1.29, 1.82) is 0 Å². The summed E-state index contributed by atoms with van der Waals surface area (Å²) in [6, 6.07) is 4.80. The second-order valence-electron chi connectivity index (χ2n) is 5.45. The predicted octanol–water partition coefficient (Wildman–Crippen LogP) is 3.13. The van der Waals surface area contributed by atoms with Gasteiger partial charge in [-0.2, -0.15) is 0 Å². The Morgan fingerprint density at radius 1 is 1.32 bits per heavy atom. The Bertz CT molecular complexity index is 487. The summed E-state index contributed by atoms with van der Waals surface area (Å²) in [5.74, 6) is 0.134. The fourth-order valence-electron chi connectivity index (χ4n) is 2.59. The fourth-order valence-corrected chi connectivity index (χ4v) is 3.16. The van der Waals surface area contributed by atoms with Gasteiger partial charge in [-0.25, -0.2) is 0 Å². The highest BCUT2D eigenvalue weighted by Gasteiger charge is 2.28. The SMILES string of the molecule is CN(Cc1cc(Cl)cc(Cl)c1)C(=O)C(N)C1CCOCC1.Cl. The lowest BCUT2D eigenvalue weighted by atomic mass is 9.91. The topological polar surface area (TPSA) is 55.6 Å². The minimum Gasteiger partial charge on any atom is -0.381 e. The Hall–Kier alpha value is -0.520. The monoisotopic (exact) mass is 366 g/mol. The van der Waals surface area contributed by atoms with Crippen LogP contribution >= 0.6 is 35.6 Å². The molecule has 7 heteroatoms. The summed E-state index contributed by atoms with van der Waals surface area (Å²) in [5.41, 5.74) is 7.00. The van der Waals surface area contributed by atoms with Gasteiger partial charge in [0, 0.05) is 36.9 Å². The number of carbonyl (C=O) groups excluding carboxylic acids is 1. The van der Waals surface area contributed by atoms with Gasteiger partial charge < -0.3 is 15.4 Å². The van der Waals surface area contributed by atoms with Gasteiger partial charge in [-0.1, -0.05) is 23.2 Å². The van der Waals surface area contributed by atoms with Crippen LogP contribution in [-0.4, -0.2) is 37.1 Å². The van der Waals surface area contributed by atoms with Crippen molar-refractivity contribution in [2.45, 2.75) is 25.4 Å². The van der Waals surface area contributed by atoms with Gasteiger partial charge in [0.25, 0.3) is 0 Å². The number of amides is 1. The molecule has 1 aliphatic rings. The summed E-state index contributed by atoms with van der Waals surface area (Å²) in [7, 11) is 1.75. The summed E-state index contributed by atoms with van der Waals surface area (Å²) in [6.07, 6.45) is 1.67. The Kier molecular flexibility index (Phi) is 7.94. The van der Waals surface area contributed by atoms with Gasteiger partial charge in [-0.05, 0) is 42.5 Å². The molecular weight excluding hydrogens is 347 g/mol. The molecule has 1 aromatic carbocycles. The zero-order valence-corrected chi connectivity index (χ0v) is 14.8. The summed E-state index contributed by atoms with van der Waals surface area (Å²) >= 11 is 11.9. The van der Waals surface area contributed by atoms with E-state index in [4.69, 9.17) is 33.7 Å². The quantitative estimate of drug-likeness (QED) is 0.889. The first-order chi connectivity index (χ1) is 9.97. The number of carbonyl (C=O) groups is 1. The molecule has 0 bridgehead atoms. The lowest BCUT2D eigenvalue weighted by Crippen LogP contribution is -2.47. The van der Waals surface area contributed by atoms with Crippen molar-refractivity contribution < 1.29 is 9.53 Å². The average molecular weight is 368 g/mol. The Labute approximate surface area is 147 Å². The van der Waals surface area contributed by atoms with Crippen molar-refractivity contribution in [2.75, 3.05) is 20.3 Å². The van der Waals surface area contributed by atoms with Gasteiger partial charge in [0.05, 0.1) is 6.04 Å². The molecule has 0 radical (unpaired) electrons. The molecule has 1 aliphatic heterocycles. The molecule has 2 rings (SSSR count). The summed E-state index contributed by atoms with van der Waals surface area (Å²) in [5, 5.41) is 1.12. The van der Waals surface area contributed by atoms with E-state index in [0.29, 0.717) is 29.8 Å². The van der Waals surface area contributed by atoms with Crippen LogP contribution in [0, 0.1) is 5.92 Å². The number of likely N-dealkylation sites (N-methyl/N-ethyl adjacent to an activating group) is 1. The van der Waals surface area contributed by atoms with Gasteiger partial charge in [0.1, 0.15) is 0 Å². The smallest absolute Gasteiger partial charge is 0.239 e. The van der Waals surface area contributed by atoms with E-state index in [1.165, 1.54) is 0 Å². The fraction of sp³-hybridized carbons (Fsp3) is 0.533. The van der Waals surface area contributed by atoms with E-state index < -0.39 is 6.04 Å². The molecule has 1 atom stereocenters. The second kappa shape index (κ2) is 8.94. The first-order valence-corrected chi connectivity index (χ1v) is 7.76. The number of halogens is 3. The van der Waals surface area contributed by atoms with Crippen LogP contribution in [0.1, 0.15) is 18.4 Å². The van der Waals surface area contributed by atoms with Crippen molar-refractivity contribution in [2.24, 2.45) is 11.7 Å². The highest BCUT2D eigenvalue weighted by atomic mass is 35.5. The average Bonchev–Trinajstić information content (AvgIpc) is 2.45. The summed E-state index contributed by atoms with van der Waals surface area (Å²) in [6.45, 7) is 1.80. The molecule has 124 valence electrons. The minimum atomic E-state index is -0.478. The van der Waals surface area contributed by atoms with Gasteiger partial charge in [-0.3, -0.25) is 4.79 Å². The summed E-state index contributed by atoms with van der Waals surface area (Å²) in [4.78, 5) is 14.0. The molecule has 4 nitrogen and oxygen atoms in total. The zero-order valence-electron chi connectivity index (χ0n) is 12.4. The molecule has 1 heterocycles. The van der Waals surface area contributed by atoms with Gasteiger partial charge in [-0.15, -0.1) is 12.4 Å². The second-order valence-corrected chi connectivity index (χ2v) is 6.32. The lowest BCUT2D eigenvalue weighted by molar-refractivity contribution is -0.133. The van der Waals surface area contributed by atoms with E-state index in [1.807, 2.05) is 0 Å². The first kappa shape index (κ1) is 19.5. The first-order valence-electron chi connectivity index (χ1n) is 7.00. The zero-order chi connectivity index (χ0) is 15.4. The van der Waals surface area contributed by atoms with E-state index >= 15 is 0 Å². The Morgan fingerprint density at radius 2 is 1.86 bits per heavy atom. The molecular formula is C15H21Cl3N2O2. The predicted molar refractivity (Wildman–Crippen MR) is 91.7 cm³/mol. The molecule has 0 aliphatic carbocycles. The third-order valence-corrected chi connectivity index (χ3v) is 4.21. The van der Waals surface area contributed by atoms with E-state index in [9.17, 15) is 4.79 Å². The normalized spacial score (nSPS) is 16.7. The number of rotatable bonds is 4. The molecule has 1 fully saturated rings. The van der Waals surface area contributed by atoms with Gasteiger partial charge >= 0.3 is 0 Å². The molecule has 1 saturated heterocycles. The third kappa shape index (κ3) is 5.28. The molecule has 1 amide bonds. The van der Waals surface area contributed by atoms with Gasteiger partial charge in [0.2, 0.25) is 5.91 Å². The van der Waals surface area contributed by atoms with Crippen LogP contribution < -0.4 is 5.73 Å². The molecule has 0 spiro atoms. The number of benzene rings is 1. The van der Waals surface area contributed by atoms with Crippen LogP contribution in [0.3, 0.4) is 0 Å². The molecule has 1 unspecified atom stereocenters. The van der Waals surface area contributed by atoms with Crippen molar-refractivity contribution in [3.05, 3.63) is 33.8 Å². The minimum absolute atomic E-state index is 0. The Morgan fingerprint density at radius 3 is 2.41 bits per heavy atom. The van der Waals surface area contributed by atoms with Crippen LogP contribution in [0.4, 0.5) is 0 Å². The molecule has 2 N–H and O–H groups in total. The molecule has 22 heavy (non-hydrogen) atoms. The maximum absolute atomic E-state index is 12.4. The maximum Gasteiger partial charge on any atom is 0.239 e. The van der Waals surface area contributed by atoms with E-state index in [1.54, 1.807) is 30.1 Å². The highest BCUT2D eigenvalue weighted by Crippen LogP contribution is 2.22. The van der Waals surface area contributed by atoms with Crippen LogP contribution in [-0.2, 0) is 16.1 Å². The number of hydrogen-bond donors (Lipinski definition) is 1. The number of nitrogens with two attached hydrogens (primary N) is 1.